The fraction of sp³-hybridized carbons (Fsp3) is 0.300. The van der Waals surface area contributed by atoms with Gasteiger partial charge >= 0.3 is 5.97 Å². The Morgan fingerprint density at radius 3 is 3.07 bits per heavy atom. The molecule has 4 heteroatoms. The Hall–Kier alpha value is -1.31. The van der Waals surface area contributed by atoms with Crippen LogP contribution in [-0.4, -0.2) is 17.6 Å². The van der Waals surface area contributed by atoms with E-state index >= 15 is 0 Å². The monoisotopic (exact) mass is 209 g/mol. The van der Waals surface area contributed by atoms with Crippen LogP contribution < -0.4 is 5.32 Å². The van der Waals surface area contributed by atoms with E-state index in [1.165, 1.54) is 11.3 Å². The second-order valence-corrected chi connectivity index (χ2v) is 3.73. The van der Waals surface area contributed by atoms with Crippen LogP contribution in [0.25, 0.3) is 0 Å². The van der Waals surface area contributed by atoms with Gasteiger partial charge in [-0.25, -0.2) is 4.79 Å². The van der Waals surface area contributed by atoms with E-state index in [1.54, 1.807) is 11.4 Å². The summed E-state index contributed by atoms with van der Waals surface area (Å²) in [7, 11) is 0. The van der Waals surface area contributed by atoms with Gasteiger partial charge in [-0.3, -0.25) is 0 Å². The van der Waals surface area contributed by atoms with Crippen LogP contribution in [0.4, 0.5) is 0 Å². The molecule has 1 heterocycles. The standard InChI is InChI=1S/C10H11NO2S/c1-2-3-4-11-6-9-5-8(7-14-9)10(12)13/h1,5,7,11H,3-4,6H2,(H,12,13). The predicted molar refractivity (Wildman–Crippen MR) is 56.4 cm³/mol. The number of carboxylic acid groups (broad SMARTS) is 1. The fourth-order valence-electron chi connectivity index (χ4n) is 0.958. The topological polar surface area (TPSA) is 49.3 Å². The summed E-state index contributed by atoms with van der Waals surface area (Å²) in [5.41, 5.74) is 0.351. The Kier molecular flexibility index (Phi) is 4.17. The minimum atomic E-state index is -0.879. The SMILES string of the molecule is C#CCCNCc1cc(C(=O)O)cs1. The van der Waals surface area contributed by atoms with Crippen molar-refractivity contribution in [2.45, 2.75) is 13.0 Å². The Morgan fingerprint density at radius 2 is 2.50 bits per heavy atom. The molecule has 14 heavy (non-hydrogen) atoms. The second-order valence-electron chi connectivity index (χ2n) is 2.74. The van der Waals surface area contributed by atoms with Crippen LogP contribution in [0.2, 0.25) is 0 Å². The van der Waals surface area contributed by atoms with Crippen LogP contribution in [0, 0.1) is 12.3 Å². The van der Waals surface area contributed by atoms with Crippen molar-refractivity contribution in [3.8, 4) is 12.3 Å². The molecule has 0 aliphatic carbocycles. The van der Waals surface area contributed by atoms with E-state index in [2.05, 4.69) is 11.2 Å². The second kappa shape index (κ2) is 5.43. The third kappa shape index (κ3) is 3.21. The minimum Gasteiger partial charge on any atom is -0.478 e. The highest BCUT2D eigenvalue weighted by Crippen LogP contribution is 2.14. The zero-order chi connectivity index (χ0) is 10.4. The largest absolute Gasteiger partial charge is 0.478 e. The highest BCUT2D eigenvalue weighted by Gasteiger charge is 2.05. The number of carboxylic acids is 1. The van der Waals surface area contributed by atoms with Crippen molar-refractivity contribution < 1.29 is 9.90 Å². The molecule has 1 aromatic rings. The summed E-state index contributed by atoms with van der Waals surface area (Å²) in [6, 6.07) is 1.68. The molecule has 0 bridgehead atoms. The van der Waals surface area contributed by atoms with Gasteiger partial charge in [0.15, 0.2) is 0 Å². The van der Waals surface area contributed by atoms with Gasteiger partial charge in [-0.15, -0.1) is 23.7 Å². The molecule has 0 unspecified atom stereocenters. The van der Waals surface area contributed by atoms with Crippen LogP contribution in [0.15, 0.2) is 11.4 Å². The fourth-order valence-corrected chi connectivity index (χ4v) is 1.79. The Labute approximate surface area is 86.8 Å². The third-order valence-corrected chi connectivity index (χ3v) is 2.58. The zero-order valence-electron chi connectivity index (χ0n) is 7.62. The summed E-state index contributed by atoms with van der Waals surface area (Å²) in [6.45, 7) is 1.44. The minimum absolute atomic E-state index is 0.351. The molecule has 74 valence electrons. The molecule has 0 spiro atoms. The smallest absolute Gasteiger partial charge is 0.336 e. The molecule has 0 radical (unpaired) electrons. The molecule has 0 aliphatic rings. The highest BCUT2D eigenvalue weighted by molar-refractivity contribution is 7.10. The molecule has 1 aromatic heterocycles. The summed E-state index contributed by atoms with van der Waals surface area (Å²) in [6.07, 6.45) is 5.78. The van der Waals surface area contributed by atoms with Gasteiger partial charge in [0, 0.05) is 29.8 Å². The lowest BCUT2D eigenvalue weighted by Gasteiger charge is -1.97. The van der Waals surface area contributed by atoms with Gasteiger partial charge in [-0.2, -0.15) is 0 Å². The first-order valence-corrected chi connectivity index (χ1v) is 5.07. The van der Waals surface area contributed by atoms with E-state index in [9.17, 15) is 4.79 Å². The van der Waals surface area contributed by atoms with Crippen molar-refractivity contribution in [2.24, 2.45) is 0 Å². The van der Waals surface area contributed by atoms with Gasteiger partial charge in [0.25, 0.3) is 0 Å². The lowest BCUT2D eigenvalue weighted by atomic mass is 10.3. The van der Waals surface area contributed by atoms with Crippen molar-refractivity contribution in [1.82, 2.24) is 5.32 Å². The van der Waals surface area contributed by atoms with Crippen LogP contribution in [-0.2, 0) is 6.54 Å². The number of nitrogens with one attached hydrogen (secondary N) is 1. The van der Waals surface area contributed by atoms with E-state index in [1.807, 2.05) is 0 Å². The summed E-state index contributed by atoms with van der Waals surface area (Å²) >= 11 is 1.44. The summed E-state index contributed by atoms with van der Waals surface area (Å²) in [5, 5.41) is 13.4. The number of terminal acetylenes is 1. The van der Waals surface area contributed by atoms with Gasteiger partial charge in [0.05, 0.1) is 5.56 Å². The molecule has 0 saturated carbocycles. The van der Waals surface area contributed by atoms with Gasteiger partial charge < -0.3 is 10.4 Å². The molecule has 0 aromatic carbocycles. The maximum absolute atomic E-state index is 10.6. The van der Waals surface area contributed by atoms with Crippen LogP contribution in [0.1, 0.15) is 21.7 Å². The number of rotatable bonds is 5. The lowest BCUT2D eigenvalue weighted by Crippen LogP contribution is -2.13. The molecule has 3 nitrogen and oxygen atoms in total. The van der Waals surface area contributed by atoms with Crippen molar-refractivity contribution >= 4 is 17.3 Å². The third-order valence-electron chi connectivity index (χ3n) is 1.65. The number of carbonyl (C=O) groups is 1. The van der Waals surface area contributed by atoms with E-state index in [0.29, 0.717) is 18.5 Å². The van der Waals surface area contributed by atoms with Crippen molar-refractivity contribution in [2.75, 3.05) is 6.54 Å². The number of hydrogen-bond acceptors (Lipinski definition) is 3. The number of aromatic carboxylic acids is 1. The van der Waals surface area contributed by atoms with E-state index in [4.69, 9.17) is 11.5 Å². The predicted octanol–water partition coefficient (Wildman–Crippen LogP) is 1.56. The molecular formula is C10H11NO2S. The molecule has 0 aliphatic heterocycles. The van der Waals surface area contributed by atoms with Crippen LogP contribution >= 0.6 is 11.3 Å². The molecular weight excluding hydrogens is 198 g/mol. The molecule has 0 saturated heterocycles. The molecule has 0 fully saturated rings. The summed E-state index contributed by atoms with van der Waals surface area (Å²) in [4.78, 5) is 11.6. The maximum atomic E-state index is 10.6. The van der Waals surface area contributed by atoms with E-state index < -0.39 is 5.97 Å². The zero-order valence-corrected chi connectivity index (χ0v) is 8.43. The van der Waals surface area contributed by atoms with Crippen molar-refractivity contribution in [3.05, 3.63) is 21.9 Å². The van der Waals surface area contributed by atoms with Gasteiger partial charge in [-0.1, -0.05) is 0 Å². The molecule has 0 atom stereocenters. The number of hydrogen-bond donors (Lipinski definition) is 2. The average molecular weight is 209 g/mol. The Balaban J connectivity index is 2.37. The van der Waals surface area contributed by atoms with Crippen LogP contribution in [0.5, 0.6) is 0 Å². The average Bonchev–Trinajstić information content (AvgIpc) is 2.61. The first-order chi connectivity index (χ1) is 6.74. The first-order valence-electron chi connectivity index (χ1n) is 4.19. The first kappa shape index (κ1) is 10.8. The lowest BCUT2D eigenvalue weighted by molar-refractivity contribution is 0.0697. The maximum Gasteiger partial charge on any atom is 0.336 e. The van der Waals surface area contributed by atoms with Gasteiger partial charge in [-0.05, 0) is 6.07 Å². The number of thiophene rings is 1. The molecule has 2 N–H and O–H groups in total. The molecule has 1 rings (SSSR count). The summed E-state index contributed by atoms with van der Waals surface area (Å²) in [5.74, 6) is 1.65. The van der Waals surface area contributed by atoms with E-state index in [0.717, 1.165) is 11.4 Å². The summed E-state index contributed by atoms with van der Waals surface area (Å²) < 4.78 is 0. The Bertz CT molecular complexity index is 351. The Morgan fingerprint density at radius 1 is 1.71 bits per heavy atom. The van der Waals surface area contributed by atoms with E-state index in [-0.39, 0.29) is 0 Å². The van der Waals surface area contributed by atoms with Crippen LogP contribution in [0.3, 0.4) is 0 Å². The van der Waals surface area contributed by atoms with Gasteiger partial charge in [0.2, 0.25) is 0 Å². The normalized spacial score (nSPS) is 9.64. The quantitative estimate of drug-likeness (QED) is 0.571. The van der Waals surface area contributed by atoms with Gasteiger partial charge in [0.1, 0.15) is 0 Å². The highest BCUT2D eigenvalue weighted by atomic mass is 32.1. The molecule has 0 amide bonds. The van der Waals surface area contributed by atoms with Crippen molar-refractivity contribution in [3.63, 3.8) is 0 Å². The van der Waals surface area contributed by atoms with Crippen molar-refractivity contribution in [1.29, 1.82) is 0 Å².